The molecule has 0 fully saturated rings. The summed E-state index contributed by atoms with van der Waals surface area (Å²) in [6.45, 7) is 1.93. The van der Waals surface area contributed by atoms with Crippen LogP contribution >= 0.6 is 0 Å². The van der Waals surface area contributed by atoms with Crippen molar-refractivity contribution < 1.29 is 12.8 Å². The number of fused-ring (bicyclic) bond motifs is 2. The monoisotopic (exact) mass is 464 g/mol. The zero-order chi connectivity index (χ0) is 23.6. The summed E-state index contributed by atoms with van der Waals surface area (Å²) in [5, 5.41) is 0.323. The number of H-pyrrole nitrogens is 1. The lowest BCUT2D eigenvalue weighted by Gasteiger charge is -2.16. The second-order valence-corrected chi connectivity index (χ2v) is 9.23. The predicted molar refractivity (Wildman–Crippen MR) is 126 cm³/mol. The van der Waals surface area contributed by atoms with Crippen LogP contribution in [0.4, 0.5) is 10.2 Å². The number of imidazole rings is 1. The summed E-state index contributed by atoms with van der Waals surface area (Å²) in [7, 11) is -3.56. The number of sulfone groups is 1. The van der Waals surface area contributed by atoms with Crippen LogP contribution in [-0.2, 0) is 16.3 Å². The van der Waals surface area contributed by atoms with Crippen LogP contribution in [0.15, 0.2) is 66.1 Å². The molecule has 33 heavy (non-hydrogen) atoms. The average Bonchev–Trinajstić information content (AvgIpc) is 3.28. The molecule has 0 spiro atoms. The minimum Gasteiger partial charge on any atom is -0.382 e. The maximum Gasteiger partial charge on any atom is 0.182 e. The van der Waals surface area contributed by atoms with Crippen molar-refractivity contribution in [1.82, 2.24) is 24.9 Å². The Morgan fingerprint density at radius 2 is 1.82 bits per heavy atom. The summed E-state index contributed by atoms with van der Waals surface area (Å²) in [6, 6.07) is 13.3. The Kier molecular flexibility index (Phi) is 6.01. The Balaban J connectivity index is 0.000000214. The Hall–Kier alpha value is -3.92. The van der Waals surface area contributed by atoms with Crippen LogP contribution in [0.3, 0.4) is 0 Å². The lowest BCUT2D eigenvalue weighted by atomic mass is 10.00. The quantitative estimate of drug-likeness (QED) is 0.414. The minimum absolute atomic E-state index is 0.144. The van der Waals surface area contributed by atoms with Gasteiger partial charge in [-0.25, -0.2) is 27.8 Å². The molecule has 0 saturated heterocycles. The van der Waals surface area contributed by atoms with Crippen LogP contribution in [0.1, 0.15) is 12.6 Å². The highest BCUT2D eigenvalue weighted by atomic mass is 32.2. The van der Waals surface area contributed by atoms with E-state index in [9.17, 15) is 12.8 Å². The summed E-state index contributed by atoms with van der Waals surface area (Å²) in [5.74, 6) is -0.0463. The number of hydrogen-bond donors (Lipinski definition) is 2. The number of benzene rings is 2. The molecule has 0 aliphatic carbocycles. The number of anilines is 1. The lowest BCUT2D eigenvalue weighted by Crippen LogP contribution is -2.06. The number of aryl methyl sites for hydroxylation is 1. The Bertz CT molecular complexity index is 1550. The van der Waals surface area contributed by atoms with E-state index in [2.05, 4.69) is 24.9 Å². The molecule has 0 aliphatic heterocycles. The SMILES string of the molecule is CCc1nc2ccc(F)cc2c(S(C)(=O)=O)c1-c1ccccc1.Nc1ncnc2nc[nH]c12. The van der Waals surface area contributed by atoms with Crippen LogP contribution in [0, 0.1) is 5.82 Å². The van der Waals surface area contributed by atoms with E-state index in [1.807, 2.05) is 37.3 Å². The largest absolute Gasteiger partial charge is 0.382 e. The summed E-state index contributed by atoms with van der Waals surface area (Å²) < 4.78 is 38.6. The summed E-state index contributed by atoms with van der Waals surface area (Å²) in [4.78, 5) is 19.1. The van der Waals surface area contributed by atoms with Crippen molar-refractivity contribution in [3.05, 3.63) is 72.7 Å². The van der Waals surface area contributed by atoms with Crippen LogP contribution in [0.25, 0.3) is 33.2 Å². The maximum absolute atomic E-state index is 13.7. The molecule has 0 saturated carbocycles. The molecule has 3 N–H and O–H groups in total. The van der Waals surface area contributed by atoms with Gasteiger partial charge in [0.1, 0.15) is 17.7 Å². The molecule has 0 unspecified atom stereocenters. The van der Waals surface area contributed by atoms with Crippen molar-refractivity contribution in [2.24, 2.45) is 0 Å². The first kappa shape index (κ1) is 22.3. The van der Waals surface area contributed by atoms with E-state index in [1.165, 1.54) is 30.9 Å². The highest BCUT2D eigenvalue weighted by Gasteiger charge is 2.23. The number of nitrogens with one attached hydrogen (secondary N) is 1. The summed E-state index contributed by atoms with van der Waals surface area (Å²) in [6.07, 6.45) is 4.66. The minimum atomic E-state index is -3.56. The summed E-state index contributed by atoms with van der Waals surface area (Å²) in [5.41, 5.74) is 9.29. The molecule has 3 heterocycles. The van der Waals surface area contributed by atoms with E-state index in [0.717, 1.165) is 11.8 Å². The van der Waals surface area contributed by atoms with Crippen LogP contribution in [0.5, 0.6) is 0 Å². The first-order valence-corrected chi connectivity index (χ1v) is 12.0. The van der Waals surface area contributed by atoms with Crippen molar-refractivity contribution in [1.29, 1.82) is 0 Å². The second-order valence-electron chi connectivity index (χ2n) is 7.28. The van der Waals surface area contributed by atoms with Gasteiger partial charge in [-0.3, -0.25) is 4.98 Å². The molecule has 3 aromatic heterocycles. The van der Waals surface area contributed by atoms with E-state index >= 15 is 0 Å². The molecule has 5 aromatic rings. The molecule has 0 atom stereocenters. The Morgan fingerprint density at radius 1 is 1.06 bits per heavy atom. The second kappa shape index (κ2) is 8.91. The van der Waals surface area contributed by atoms with E-state index in [-0.39, 0.29) is 4.90 Å². The average molecular weight is 465 g/mol. The first-order chi connectivity index (χ1) is 15.8. The molecule has 2 aromatic carbocycles. The number of pyridine rings is 1. The maximum atomic E-state index is 13.7. The molecule has 0 amide bonds. The fraction of sp³-hybridized carbons (Fsp3) is 0.130. The zero-order valence-corrected chi connectivity index (χ0v) is 18.8. The third-order valence-electron chi connectivity index (χ3n) is 4.99. The number of nitrogen functional groups attached to an aromatic ring is 1. The van der Waals surface area contributed by atoms with E-state index in [0.29, 0.717) is 45.6 Å². The van der Waals surface area contributed by atoms with E-state index < -0.39 is 15.7 Å². The molecule has 5 rings (SSSR count). The van der Waals surface area contributed by atoms with Gasteiger partial charge in [0.2, 0.25) is 0 Å². The van der Waals surface area contributed by atoms with Crippen LogP contribution in [0.2, 0.25) is 0 Å². The molecule has 8 nitrogen and oxygen atoms in total. The van der Waals surface area contributed by atoms with E-state index in [4.69, 9.17) is 5.73 Å². The molecule has 10 heteroatoms. The number of hydrogen-bond acceptors (Lipinski definition) is 7. The number of halogens is 1. The fourth-order valence-corrected chi connectivity index (χ4v) is 4.75. The molecule has 0 radical (unpaired) electrons. The highest BCUT2D eigenvalue weighted by molar-refractivity contribution is 7.91. The standard InChI is InChI=1S/C18H16FNO2S.C5H5N5/c1-3-15-17(12-7-5-4-6-8-12)18(23(2,21)22)14-11-13(19)9-10-16(14)20-15;6-4-3-5(9-1-7-3)10-2-8-4/h4-11H,3H2,1-2H3;1-2H,(H3,6,7,8,9,10). The molecular formula is C23H21FN6O2S. The molecule has 0 bridgehead atoms. The number of nitrogens with two attached hydrogens (primary N) is 1. The van der Waals surface area contributed by atoms with Gasteiger partial charge in [0, 0.05) is 22.9 Å². The normalized spacial score (nSPS) is 11.4. The van der Waals surface area contributed by atoms with Gasteiger partial charge < -0.3 is 10.7 Å². The van der Waals surface area contributed by atoms with Crippen molar-refractivity contribution in [3.63, 3.8) is 0 Å². The Labute approximate surface area is 189 Å². The van der Waals surface area contributed by atoms with Crippen molar-refractivity contribution in [3.8, 4) is 11.1 Å². The van der Waals surface area contributed by atoms with Crippen LogP contribution < -0.4 is 5.73 Å². The topological polar surface area (TPSA) is 128 Å². The zero-order valence-electron chi connectivity index (χ0n) is 17.9. The highest BCUT2D eigenvalue weighted by Crippen LogP contribution is 2.36. The van der Waals surface area contributed by atoms with Crippen LogP contribution in [-0.4, -0.2) is 39.6 Å². The smallest absolute Gasteiger partial charge is 0.182 e. The summed E-state index contributed by atoms with van der Waals surface area (Å²) >= 11 is 0. The first-order valence-electron chi connectivity index (χ1n) is 10.1. The fourth-order valence-electron chi connectivity index (χ4n) is 3.58. The van der Waals surface area contributed by atoms with Gasteiger partial charge in [-0.15, -0.1) is 0 Å². The lowest BCUT2D eigenvalue weighted by molar-refractivity contribution is 0.602. The van der Waals surface area contributed by atoms with Crippen molar-refractivity contribution >= 4 is 37.7 Å². The van der Waals surface area contributed by atoms with Gasteiger partial charge in [0.25, 0.3) is 0 Å². The Morgan fingerprint density at radius 3 is 2.48 bits per heavy atom. The number of aromatic nitrogens is 5. The molecule has 0 aliphatic rings. The van der Waals surface area contributed by atoms with Crippen molar-refractivity contribution in [2.45, 2.75) is 18.2 Å². The molecule has 168 valence electrons. The number of rotatable bonds is 3. The van der Waals surface area contributed by atoms with Gasteiger partial charge in [-0.1, -0.05) is 37.3 Å². The van der Waals surface area contributed by atoms with Gasteiger partial charge in [-0.2, -0.15) is 0 Å². The van der Waals surface area contributed by atoms with Gasteiger partial charge in [0.15, 0.2) is 21.3 Å². The number of aromatic amines is 1. The molecular weight excluding hydrogens is 443 g/mol. The third kappa shape index (κ3) is 4.51. The van der Waals surface area contributed by atoms with E-state index in [1.54, 1.807) is 0 Å². The number of nitrogens with zero attached hydrogens (tertiary/aromatic N) is 4. The van der Waals surface area contributed by atoms with Gasteiger partial charge in [-0.05, 0) is 30.2 Å². The van der Waals surface area contributed by atoms with Crippen molar-refractivity contribution in [2.75, 3.05) is 12.0 Å². The van der Waals surface area contributed by atoms with Gasteiger partial charge >= 0.3 is 0 Å². The predicted octanol–water partition coefficient (Wildman–Crippen LogP) is 3.94. The third-order valence-corrected chi connectivity index (χ3v) is 6.16. The van der Waals surface area contributed by atoms with Gasteiger partial charge in [0.05, 0.1) is 16.7 Å².